The first-order chi connectivity index (χ1) is 5.29. The summed E-state index contributed by atoms with van der Waals surface area (Å²) in [7, 11) is 0. The third kappa shape index (κ3) is 0.886. The number of aryl methyl sites for hydroxylation is 1. The highest BCUT2D eigenvalue weighted by Gasteiger charge is 2.01. The number of halogens is 1. The third-order valence-corrected chi connectivity index (χ3v) is 1.82. The lowest BCUT2D eigenvalue weighted by Gasteiger charge is -1.96. The Kier molecular flexibility index (Phi) is 1.32. The van der Waals surface area contributed by atoms with Crippen LogP contribution in [0.5, 0.6) is 0 Å². The molecule has 0 spiro atoms. The van der Waals surface area contributed by atoms with Crippen molar-refractivity contribution in [3.05, 3.63) is 29.4 Å². The van der Waals surface area contributed by atoms with Crippen molar-refractivity contribution in [3.8, 4) is 0 Å². The molecule has 0 N–H and O–H groups in total. The largest absolute Gasteiger partial charge is 0.272 e. The van der Waals surface area contributed by atoms with Gasteiger partial charge in [0, 0.05) is 18.1 Å². The number of rotatable bonds is 0. The molecule has 2 aromatic heterocycles. The van der Waals surface area contributed by atoms with Crippen LogP contribution in [0.2, 0.25) is 5.28 Å². The lowest BCUT2D eigenvalue weighted by molar-refractivity contribution is 1.04. The predicted molar refractivity (Wildman–Crippen MR) is 42.7 cm³/mol. The summed E-state index contributed by atoms with van der Waals surface area (Å²) in [4.78, 5) is 8.05. The minimum absolute atomic E-state index is 0.456. The van der Waals surface area contributed by atoms with Crippen LogP contribution < -0.4 is 0 Å². The van der Waals surface area contributed by atoms with Gasteiger partial charge in [-0.25, -0.2) is 9.97 Å². The second-order valence-electron chi connectivity index (χ2n) is 2.31. The van der Waals surface area contributed by atoms with Crippen LogP contribution in [0.3, 0.4) is 0 Å². The molecule has 0 fully saturated rings. The molecule has 2 heterocycles. The van der Waals surface area contributed by atoms with E-state index < -0.39 is 0 Å². The average molecular weight is 168 g/mol. The van der Waals surface area contributed by atoms with Gasteiger partial charge in [0.05, 0.1) is 0 Å². The van der Waals surface area contributed by atoms with E-state index in [1.54, 1.807) is 16.8 Å². The molecule has 0 unspecified atom stereocenters. The minimum Gasteiger partial charge on any atom is -0.272 e. The van der Waals surface area contributed by atoms with Crippen molar-refractivity contribution in [2.24, 2.45) is 0 Å². The highest BCUT2D eigenvalue weighted by atomic mass is 35.5. The second-order valence-corrected chi connectivity index (χ2v) is 2.65. The summed E-state index contributed by atoms with van der Waals surface area (Å²) in [5.41, 5.74) is 1.83. The van der Waals surface area contributed by atoms with Crippen LogP contribution in [0.4, 0.5) is 0 Å². The number of hydrogen-bond acceptors (Lipinski definition) is 2. The first-order valence-electron chi connectivity index (χ1n) is 3.23. The van der Waals surface area contributed by atoms with Crippen molar-refractivity contribution >= 4 is 17.2 Å². The van der Waals surface area contributed by atoms with Gasteiger partial charge in [0.15, 0.2) is 0 Å². The molecule has 11 heavy (non-hydrogen) atoms. The quantitative estimate of drug-likeness (QED) is 0.559. The zero-order valence-electron chi connectivity index (χ0n) is 5.95. The van der Waals surface area contributed by atoms with E-state index in [2.05, 4.69) is 9.97 Å². The van der Waals surface area contributed by atoms with Crippen molar-refractivity contribution in [2.45, 2.75) is 6.92 Å². The van der Waals surface area contributed by atoms with Gasteiger partial charge in [0.1, 0.15) is 5.65 Å². The van der Waals surface area contributed by atoms with Gasteiger partial charge in [0.2, 0.25) is 5.28 Å². The molecule has 0 aromatic carbocycles. The first-order valence-corrected chi connectivity index (χ1v) is 3.61. The molecule has 2 aromatic rings. The Labute approximate surface area is 68.7 Å². The molecule has 2 rings (SSSR count). The zero-order valence-corrected chi connectivity index (χ0v) is 6.71. The van der Waals surface area contributed by atoms with Crippen LogP contribution >= 0.6 is 11.6 Å². The fourth-order valence-electron chi connectivity index (χ4n) is 1.04. The average Bonchev–Trinajstić information content (AvgIpc) is 2.34. The summed E-state index contributed by atoms with van der Waals surface area (Å²) in [5, 5.41) is 0.456. The number of fused-ring (bicyclic) bond motifs is 1. The third-order valence-electron chi connectivity index (χ3n) is 1.55. The summed E-state index contributed by atoms with van der Waals surface area (Å²) >= 11 is 5.82. The molecule has 4 heteroatoms. The molecule has 0 aliphatic carbocycles. The van der Waals surface area contributed by atoms with Crippen molar-refractivity contribution in [3.63, 3.8) is 0 Å². The maximum absolute atomic E-state index is 5.82. The maximum Gasteiger partial charge on any atom is 0.208 e. The fourth-order valence-corrected chi connectivity index (χ4v) is 1.31. The number of hydrogen-bond donors (Lipinski definition) is 0. The summed E-state index contributed by atoms with van der Waals surface area (Å²) < 4.78 is 1.79. The van der Waals surface area contributed by atoms with Gasteiger partial charge in [-0.3, -0.25) is 4.40 Å². The van der Waals surface area contributed by atoms with E-state index in [9.17, 15) is 0 Å². The smallest absolute Gasteiger partial charge is 0.208 e. The molecule has 0 saturated heterocycles. The van der Waals surface area contributed by atoms with Crippen molar-refractivity contribution < 1.29 is 0 Å². The van der Waals surface area contributed by atoms with Crippen LogP contribution in [-0.4, -0.2) is 14.4 Å². The van der Waals surface area contributed by atoms with Crippen LogP contribution in [0.15, 0.2) is 18.5 Å². The highest BCUT2D eigenvalue weighted by Crippen LogP contribution is 2.10. The Morgan fingerprint density at radius 3 is 3.00 bits per heavy atom. The topological polar surface area (TPSA) is 30.2 Å². The van der Waals surface area contributed by atoms with E-state index in [1.807, 2.05) is 13.0 Å². The van der Waals surface area contributed by atoms with Gasteiger partial charge in [-0.15, -0.1) is 0 Å². The monoisotopic (exact) mass is 167 g/mol. The van der Waals surface area contributed by atoms with Crippen molar-refractivity contribution in [1.82, 2.24) is 14.4 Å². The van der Waals surface area contributed by atoms with Crippen LogP contribution in [0.1, 0.15) is 5.69 Å². The lowest BCUT2D eigenvalue weighted by atomic mass is 10.5. The molecule has 0 saturated carbocycles. The zero-order chi connectivity index (χ0) is 7.84. The molecule has 0 radical (unpaired) electrons. The summed E-state index contributed by atoms with van der Waals surface area (Å²) in [5.74, 6) is 0. The van der Waals surface area contributed by atoms with E-state index in [1.165, 1.54) is 0 Å². The molecular weight excluding hydrogens is 162 g/mol. The van der Waals surface area contributed by atoms with Crippen LogP contribution in [0.25, 0.3) is 5.65 Å². The summed E-state index contributed by atoms with van der Waals surface area (Å²) in [6.45, 7) is 1.94. The summed E-state index contributed by atoms with van der Waals surface area (Å²) in [6.07, 6.45) is 3.41. The molecule has 0 bridgehead atoms. The lowest BCUT2D eigenvalue weighted by Crippen LogP contribution is -1.90. The van der Waals surface area contributed by atoms with Crippen LogP contribution in [0, 0.1) is 6.92 Å². The number of imidazole rings is 1. The fraction of sp³-hybridized carbons (Fsp3) is 0.143. The first kappa shape index (κ1) is 6.61. The van der Waals surface area contributed by atoms with E-state index in [0.29, 0.717) is 5.28 Å². The Morgan fingerprint density at radius 2 is 2.27 bits per heavy atom. The molecule has 0 amide bonds. The van der Waals surface area contributed by atoms with E-state index in [0.717, 1.165) is 11.3 Å². The van der Waals surface area contributed by atoms with Gasteiger partial charge in [-0.2, -0.15) is 0 Å². The molecule has 0 atom stereocenters. The normalized spacial score (nSPS) is 10.7. The molecule has 0 aliphatic rings. The minimum atomic E-state index is 0.456. The molecular formula is C7H6ClN3. The SMILES string of the molecule is Cc1cnc2ccnc(Cl)n12. The van der Waals surface area contributed by atoms with Gasteiger partial charge < -0.3 is 0 Å². The van der Waals surface area contributed by atoms with Gasteiger partial charge in [-0.1, -0.05) is 0 Å². The van der Waals surface area contributed by atoms with Crippen molar-refractivity contribution in [1.29, 1.82) is 0 Å². The van der Waals surface area contributed by atoms with E-state index in [-0.39, 0.29) is 0 Å². The molecule has 56 valence electrons. The maximum atomic E-state index is 5.82. The summed E-state index contributed by atoms with van der Waals surface area (Å²) in [6, 6.07) is 1.82. The Hall–Kier alpha value is -1.09. The van der Waals surface area contributed by atoms with Gasteiger partial charge in [-0.05, 0) is 24.6 Å². The Balaban J connectivity index is 2.96. The Bertz CT molecular complexity index is 393. The number of nitrogens with zero attached hydrogens (tertiary/aromatic N) is 3. The van der Waals surface area contributed by atoms with Gasteiger partial charge >= 0.3 is 0 Å². The highest BCUT2D eigenvalue weighted by molar-refractivity contribution is 6.28. The molecule has 3 nitrogen and oxygen atoms in total. The standard InChI is InChI=1S/C7H6ClN3/c1-5-4-10-6-2-3-9-7(8)11(5)6/h2-4H,1H3. The van der Waals surface area contributed by atoms with E-state index >= 15 is 0 Å². The van der Waals surface area contributed by atoms with Crippen LogP contribution in [-0.2, 0) is 0 Å². The second kappa shape index (κ2) is 2.20. The van der Waals surface area contributed by atoms with Crippen molar-refractivity contribution in [2.75, 3.05) is 0 Å². The Morgan fingerprint density at radius 1 is 1.45 bits per heavy atom. The number of aromatic nitrogens is 3. The van der Waals surface area contributed by atoms with E-state index in [4.69, 9.17) is 11.6 Å². The molecule has 0 aliphatic heterocycles. The predicted octanol–water partition coefficient (Wildman–Crippen LogP) is 1.69. The van der Waals surface area contributed by atoms with Gasteiger partial charge in [0.25, 0.3) is 0 Å².